The first-order chi connectivity index (χ1) is 19.4. The van der Waals surface area contributed by atoms with Crippen molar-refractivity contribution in [2.24, 2.45) is 0 Å². The molecule has 0 unspecified atom stereocenters. The van der Waals surface area contributed by atoms with Crippen molar-refractivity contribution in [2.45, 2.75) is 52.4 Å². The molecule has 0 heterocycles. The van der Waals surface area contributed by atoms with Crippen molar-refractivity contribution in [3.63, 3.8) is 0 Å². The Morgan fingerprint density at radius 2 is 1.59 bits per heavy atom. The largest absolute Gasteiger partial charge is 0.489 e. The highest BCUT2D eigenvalue weighted by Crippen LogP contribution is 2.26. The van der Waals surface area contributed by atoms with Crippen LogP contribution >= 0.6 is 23.2 Å². The predicted molar refractivity (Wildman–Crippen MR) is 164 cm³/mol. The maximum Gasteiger partial charge on any atom is 0.244 e. The van der Waals surface area contributed by atoms with Crippen LogP contribution in [-0.2, 0) is 32.8 Å². The molecule has 1 N–H and O–H groups in total. The van der Waals surface area contributed by atoms with Crippen LogP contribution < -0.4 is 14.4 Å². The summed E-state index contributed by atoms with van der Waals surface area (Å²) in [5.41, 5.74) is 1.94. The molecule has 0 saturated carbocycles. The maximum absolute atomic E-state index is 13.8. The second kappa shape index (κ2) is 14.6. The van der Waals surface area contributed by atoms with Gasteiger partial charge in [0.15, 0.2) is 0 Å². The molecule has 220 valence electrons. The number of ether oxygens (including phenoxy) is 1. The van der Waals surface area contributed by atoms with Gasteiger partial charge in [0.2, 0.25) is 21.8 Å². The summed E-state index contributed by atoms with van der Waals surface area (Å²) >= 11 is 12.3. The van der Waals surface area contributed by atoms with Crippen LogP contribution in [0.5, 0.6) is 5.75 Å². The summed E-state index contributed by atoms with van der Waals surface area (Å²) in [6.07, 6.45) is 1.35. The topological polar surface area (TPSA) is 96.0 Å². The number of amides is 2. The molecular formula is C30H35Cl2N3O5S. The number of halogens is 2. The molecule has 0 spiro atoms. The first-order valence-electron chi connectivity index (χ1n) is 13.2. The van der Waals surface area contributed by atoms with E-state index < -0.39 is 28.5 Å². The molecule has 0 aliphatic heterocycles. The Balaban J connectivity index is 1.87. The van der Waals surface area contributed by atoms with Gasteiger partial charge in [0.1, 0.15) is 24.9 Å². The number of sulfonamides is 1. The number of nitrogens with zero attached hydrogens (tertiary/aromatic N) is 2. The lowest BCUT2D eigenvalue weighted by molar-refractivity contribution is -0.140. The van der Waals surface area contributed by atoms with E-state index in [9.17, 15) is 18.0 Å². The Bertz CT molecular complexity index is 1430. The van der Waals surface area contributed by atoms with Crippen LogP contribution in [0.3, 0.4) is 0 Å². The van der Waals surface area contributed by atoms with E-state index in [2.05, 4.69) is 5.32 Å². The van der Waals surface area contributed by atoms with Gasteiger partial charge in [-0.05, 0) is 67.8 Å². The van der Waals surface area contributed by atoms with E-state index in [0.717, 1.165) is 16.1 Å². The summed E-state index contributed by atoms with van der Waals surface area (Å²) in [7, 11) is -3.87. The first kappa shape index (κ1) is 32.2. The van der Waals surface area contributed by atoms with Gasteiger partial charge in [-0.3, -0.25) is 13.9 Å². The van der Waals surface area contributed by atoms with Crippen LogP contribution in [0.4, 0.5) is 5.69 Å². The highest BCUT2D eigenvalue weighted by Gasteiger charge is 2.32. The molecular weight excluding hydrogens is 585 g/mol. The van der Waals surface area contributed by atoms with Gasteiger partial charge in [-0.15, -0.1) is 0 Å². The molecule has 11 heteroatoms. The average Bonchev–Trinajstić information content (AvgIpc) is 2.92. The van der Waals surface area contributed by atoms with Crippen molar-refractivity contribution in [3.8, 4) is 5.75 Å². The normalized spacial score (nSPS) is 12.1. The fourth-order valence-electron chi connectivity index (χ4n) is 4.20. The van der Waals surface area contributed by atoms with Crippen molar-refractivity contribution in [1.82, 2.24) is 10.2 Å². The van der Waals surface area contributed by atoms with Crippen LogP contribution in [-0.4, -0.2) is 50.0 Å². The quantitative estimate of drug-likeness (QED) is 0.266. The van der Waals surface area contributed by atoms with Gasteiger partial charge >= 0.3 is 0 Å². The lowest BCUT2D eigenvalue weighted by atomic mass is 10.1. The van der Waals surface area contributed by atoms with Crippen molar-refractivity contribution >= 4 is 50.7 Å². The first-order valence-corrected chi connectivity index (χ1v) is 15.8. The number of carbonyl (C=O) groups excluding carboxylic acids is 2. The number of hydrogen-bond donors (Lipinski definition) is 1. The Morgan fingerprint density at radius 1 is 0.927 bits per heavy atom. The van der Waals surface area contributed by atoms with Crippen molar-refractivity contribution in [1.29, 1.82) is 0 Å². The van der Waals surface area contributed by atoms with Gasteiger partial charge in [0.25, 0.3) is 0 Å². The van der Waals surface area contributed by atoms with Crippen LogP contribution in [0, 0.1) is 0 Å². The minimum Gasteiger partial charge on any atom is -0.489 e. The minimum absolute atomic E-state index is 0.0314. The summed E-state index contributed by atoms with van der Waals surface area (Å²) in [6.45, 7) is 5.33. The molecule has 0 saturated heterocycles. The molecule has 0 aromatic heterocycles. The molecule has 0 radical (unpaired) electrons. The molecule has 0 fully saturated rings. The van der Waals surface area contributed by atoms with Gasteiger partial charge in [-0.2, -0.15) is 0 Å². The van der Waals surface area contributed by atoms with Crippen LogP contribution in [0.25, 0.3) is 0 Å². The van der Waals surface area contributed by atoms with E-state index in [1.165, 1.54) is 4.90 Å². The van der Waals surface area contributed by atoms with Gasteiger partial charge in [-0.25, -0.2) is 8.42 Å². The van der Waals surface area contributed by atoms with E-state index in [-0.39, 0.29) is 18.5 Å². The molecule has 1 atom stereocenters. The van der Waals surface area contributed by atoms with Crippen LogP contribution in [0.2, 0.25) is 10.0 Å². The van der Waals surface area contributed by atoms with E-state index in [1.54, 1.807) is 49.4 Å². The van der Waals surface area contributed by atoms with Gasteiger partial charge in [0.05, 0.1) is 22.0 Å². The van der Waals surface area contributed by atoms with E-state index in [1.807, 2.05) is 44.2 Å². The van der Waals surface area contributed by atoms with Crippen molar-refractivity contribution in [3.05, 3.63) is 94.0 Å². The number of nitrogens with one attached hydrogen (secondary N) is 1. The van der Waals surface area contributed by atoms with E-state index in [4.69, 9.17) is 27.9 Å². The van der Waals surface area contributed by atoms with Crippen molar-refractivity contribution < 1.29 is 22.7 Å². The lowest BCUT2D eigenvalue weighted by Gasteiger charge is -2.33. The molecule has 3 aromatic carbocycles. The average molecular weight is 621 g/mol. The summed E-state index contributed by atoms with van der Waals surface area (Å²) in [5.74, 6) is -0.326. The fourth-order valence-corrected chi connectivity index (χ4v) is 5.37. The monoisotopic (exact) mass is 619 g/mol. The third-order valence-corrected chi connectivity index (χ3v) is 8.09. The van der Waals surface area contributed by atoms with E-state index in [0.29, 0.717) is 40.1 Å². The maximum atomic E-state index is 13.8. The molecule has 3 aromatic rings. The standard InChI is InChI=1S/C30H35Cl2N3O5S/c1-5-28(30(37)33-21(2)3)34(18-23-11-16-26(31)27(32)17-23)29(36)19-35(41(4,38)39)24-12-14-25(15-13-24)40-20-22-9-7-6-8-10-22/h6-17,21,28H,5,18-20H2,1-4H3,(H,33,37)/t28-/m1/s1. The number of anilines is 1. The third kappa shape index (κ3) is 9.38. The highest BCUT2D eigenvalue weighted by molar-refractivity contribution is 7.92. The zero-order valence-corrected chi connectivity index (χ0v) is 25.8. The smallest absolute Gasteiger partial charge is 0.244 e. The fraction of sp³-hybridized carbons (Fsp3) is 0.333. The Kier molecular flexibility index (Phi) is 11.5. The Morgan fingerprint density at radius 3 is 2.15 bits per heavy atom. The molecule has 0 bridgehead atoms. The second-order valence-corrected chi connectivity index (χ2v) is 12.6. The molecule has 41 heavy (non-hydrogen) atoms. The molecule has 3 rings (SSSR count). The third-order valence-electron chi connectivity index (χ3n) is 6.21. The lowest BCUT2D eigenvalue weighted by Crippen LogP contribution is -2.53. The summed E-state index contributed by atoms with van der Waals surface area (Å²) < 4.78 is 32.5. The number of carbonyl (C=O) groups is 2. The summed E-state index contributed by atoms with van der Waals surface area (Å²) in [6, 6.07) is 20.1. The Labute approximate surface area is 252 Å². The van der Waals surface area contributed by atoms with E-state index >= 15 is 0 Å². The SMILES string of the molecule is CC[C@H](C(=O)NC(C)C)N(Cc1ccc(Cl)c(Cl)c1)C(=O)CN(c1ccc(OCc2ccccc2)cc1)S(C)(=O)=O. The van der Waals surface area contributed by atoms with Gasteiger partial charge < -0.3 is 15.0 Å². The van der Waals surface area contributed by atoms with Gasteiger partial charge in [-0.1, -0.05) is 66.5 Å². The number of benzene rings is 3. The molecule has 8 nitrogen and oxygen atoms in total. The van der Waals surface area contributed by atoms with Crippen molar-refractivity contribution in [2.75, 3.05) is 17.1 Å². The predicted octanol–water partition coefficient (Wildman–Crippen LogP) is 5.67. The molecule has 0 aliphatic carbocycles. The number of hydrogen-bond acceptors (Lipinski definition) is 5. The summed E-state index contributed by atoms with van der Waals surface area (Å²) in [4.78, 5) is 28.3. The van der Waals surface area contributed by atoms with Gasteiger partial charge in [0, 0.05) is 12.6 Å². The van der Waals surface area contributed by atoms with Crippen LogP contribution in [0.1, 0.15) is 38.3 Å². The summed E-state index contributed by atoms with van der Waals surface area (Å²) in [5, 5.41) is 3.52. The minimum atomic E-state index is -3.87. The second-order valence-electron chi connectivity index (χ2n) is 9.90. The number of rotatable bonds is 13. The molecule has 2 amide bonds. The Hall–Kier alpha value is -3.27. The zero-order valence-electron chi connectivity index (χ0n) is 23.5. The van der Waals surface area contributed by atoms with Crippen LogP contribution in [0.15, 0.2) is 72.8 Å². The molecule has 0 aliphatic rings. The zero-order chi connectivity index (χ0) is 30.2. The highest BCUT2D eigenvalue weighted by atomic mass is 35.5.